The molecule has 9 heavy (non-hydrogen) atoms. The van der Waals surface area contributed by atoms with Gasteiger partial charge in [0.05, 0.1) is 0 Å². The Hall–Kier alpha value is 0.756. The topological polar surface area (TPSA) is 0 Å². The van der Waals surface area contributed by atoms with Crippen LogP contribution in [0.2, 0.25) is 0 Å². The number of rotatable bonds is 0. The molecular weight excluding hydrogens is 212 g/mol. The molecule has 3 heteroatoms. The van der Waals surface area contributed by atoms with Gasteiger partial charge in [-0.1, -0.05) is 36.4 Å². The van der Waals surface area contributed by atoms with Crippen LogP contribution in [0.1, 0.15) is 0 Å². The molecule has 0 nitrogen and oxygen atoms in total. The number of hydrogen-bond donors (Lipinski definition) is 0. The third-order valence-corrected chi connectivity index (χ3v) is 0.667. The summed E-state index contributed by atoms with van der Waals surface area (Å²) in [5.74, 6) is 0. The molecule has 46 valence electrons. The minimum Gasteiger partial charge on any atom is -1.00 e. The van der Waals surface area contributed by atoms with Crippen molar-refractivity contribution in [3.63, 3.8) is 0 Å². The molecule has 1 rings (SSSR count). The number of hydrogen-bond acceptors (Lipinski definition) is 0. The van der Waals surface area contributed by atoms with Crippen LogP contribution in [0.3, 0.4) is 0 Å². The van der Waals surface area contributed by atoms with E-state index in [4.69, 9.17) is 0 Å². The van der Waals surface area contributed by atoms with Crippen molar-refractivity contribution in [1.82, 2.24) is 0 Å². The smallest absolute Gasteiger partial charge is 1.00 e. The van der Waals surface area contributed by atoms with Crippen LogP contribution in [0, 0.1) is 0 Å². The summed E-state index contributed by atoms with van der Waals surface area (Å²) in [5.41, 5.74) is 0. The standard InChI is InChI=1S/C6H6.BrH.ClH.Mg/c1-2-4-6-5-3-1;;;/h1-6H;2*1H;/q;;;+2/p-2. The molecule has 0 atom stereocenters. The summed E-state index contributed by atoms with van der Waals surface area (Å²) in [7, 11) is 0. The second-order valence-electron chi connectivity index (χ2n) is 1.15. The molecule has 0 aliphatic rings. The first-order valence-electron chi connectivity index (χ1n) is 2.00. The van der Waals surface area contributed by atoms with Gasteiger partial charge in [0.25, 0.3) is 0 Å². The summed E-state index contributed by atoms with van der Waals surface area (Å²) in [6, 6.07) is 12.0. The van der Waals surface area contributed by atoms with Gasteiger partial charge in [-0.05, 0) is 0 Å². The van der Waals surface area contributed by atoms with Gasteiger partial charge < -0.3 is 29.4 Å². The van der Waals surface area contributed by atoms with Gasteiger partial charge in [0, 0.05) is 0 Å². The molecule has 0 aromatic heterocycles. The van der Waals surface area contributed by atoms with Gasteiger partial charge >= 0.3 is 23.1 Å². The van der Waals surface area contributed by atoms with Crippen molar-refractivity contribution in [2.24, 2.45) is 0 Å². The summed E-state index contributed by atoms with van der Waals surface area (Å²) in [6.45, 7) is 0. The number of benzene rings is 1. The zero-order chi connectivity index (χ0) is 4.24. The van der Waals surface area contributed by atoms with Crippen molar-refractivity contribution in [1.29, 1.82) is 0 Å². The summed E-state index contributed by atoms with van der Waals surface area (Å²) in [6.07, 6.45) is 0. The minimum atomic E-state index is 0. The Morgan fingerprint density at radius 2 is 0.667 bits per heavy atom. The molecule has 0 N–H and O–H groups in total. The van der Waals surface area contributed by atoms with E-state index >= 15 is 0 Å². The maximum absolute atomic E-state index is 2.00. The zero-order valence-corrected chi connectivity index (χ0v) is 8.68. The first kappa shape index (κ1) is 16.4. The second-order valence-corrected chi connectivity index (χ2v) is 1.15. The largest absolute Gasteiger partial charge is 2.00 e. The Kier molecular flexibility index (Phi) is 21.0. The fourth-order valence-electron chi connectivity index (χ4n) is 0.385. The van der Waals surface area contributed by atoms with Crippen LogP contribution in [-0.2, 0) is 0 Å². The van der Waals surface area contributed by atoms with Crippen molar-refractivity contribution < 1.29 is 29.4 Å². The van der Waals surface area contributed by atoms with E-state index in [-0.39, 0.29) is 52.4 Å². The van der Waals surface area contributed by atoms with Crippen molar-refractivity contribution in [2.75, 3.05) is 0 Å². The Bertz CT molecular complexity index is 85.0. The Morgan fingerprint density at radius 3 is 0.778 bits per heavy atom. The van der Waals surface area contributed by atoms with Crippen LogP contribution < -0.4 is 29.4 Å². The molecule has 1 aromatic carbocycles. The quantitative estimate of drug-likeness (QED) is 0.384. The fourth-order valence-corrected chi connectivity index (χ4v) is 0.385. The van der Waals surface area contributed by atoms with Gasteiger partial charge in [-0.2, -0.15) is 0 Å². The molecule has 0 heterocycles. The third-order valence-electron chi connectivity index (χ3n) is 0.667. The van der Waals surface area contributed by atoms with E-state index in [1.165, 1.54) is 0 Å². The average molecular weight is 218 g/mol. The molecule has 0 aliphatic carbocycles. The first-order chi connectivity index (χ1) is 3.00. The molecule has 1 aromatic rings. The first-order valence-corrected chi connectivity index (χ1v) is 2.00. The van der Waals surface area contributed by atoms with E-state index in [0.717, 1.165) is 0 Å². The van der Waals surface area contributed by atoms with Gasteiger partial charge in [0.15, 0.2) is 0 Å². The second kappa shape index (κ2) is 11.5. The predicted molar refractivity (Wildman–Crippen MR) is 32.2 cm³/mol. The molecular formula is C6H6BrClMg. The van der Waals surface area contributed by atoms with Crippen LogP contribution in [0.5, 0.6) is 0 Å². The van der Waals surface area contributed by atoms with E-state index in [2.05, 4.69) is 0 Å². The van der Waals surface area contributed by atoms with Gasteiger partial charge in [-0.25, -0.2) is 0 Å². The molecule has 0 saturated carbocycles. The monoisotopic (exact) mass is 216 g/mol. The molecule has 0 radical (unpaired) electrons. The van der Waals surface area contributed by atoms with Crippen LogP contribution in [0.4, 0.5) is 0 Å². The molecule has 0 spiro atoms. The van der Waals surface area contributed by atoms with Crippen LogP contribution in [0.25, 0.3) is 0 Å². The Labute approximate surface area is 88.4 Å². The fraction of sp³-hybridized carbons (Fsp3) is 0. The van der Waals surface area contributed by atoms with Crippen LogP contribution in [0.15, 0.2) is 36.4 Å². The maximum Gasteiger partial charge on any atom is 2.00 e. The molecule has 0 unspecified atom stereocenters. The maximum atomic E-state index is 2.00. The van der Waals surface area contributed by atoms with Gasteiger partial charge in [0.1, 0.15) is 0 Å². The predicted octanol–water partition coefficient (Wildman–Crippen LogP) is -4.69. The Balaban J connectivity index is -0.000000120. The number of halogens is 2. The van der Waals surface area contributed by atoms with Gasteiger partial charge in [-0.3, -0.25) is 0 Å². The summed E-state index contributed by atoms with van der Waals surface area (Å²) in [5, 5.41) is 0. The van der Waals surface area contributed by atoms with E-state index in [1.54, 1.807) is 0 Å². The molecule has 0 bridgehead atoms. The Morgan fingerprint density at radius 1 is 0.556 bits per heavy atom. The van der Waals surface area contributed by atoms with E-state index in [1.807, 2.05) is 36.4 Å². The van der Waals surface area contributed by atoms with Crippen molar-refractivity contribution in [3.8, 4) is 0 Å². The summed E-state index contributed by atoms with van der Waals surface area (Å²) in [4.78, 5) is 0. The average Bonchev–Trinajstić information content (AvgIpc) is 1.72. The molecule has 0 saturated heterocycles. The van der Waals surface area contributed by atoms with Crippen molar-refractivity contribution in [2.45, 2.75) is 0 Å². The van der Waals surface area contributed by atoms with E-state index in [9.17, 15) is 0 Å². The van der Waals surface area contributed by atoms with Gasteiger partial charge in [0.2, 0.25) is 0 Å². The van der Waals surface area contributed by atoms with E-state index < -0.39 is 0 Å². The third kappa shape index (κ3) is 8.76. The minimum absolute atomic E-state index is 0. The van der Waals surface area contributed by atoms with Gasteiger partial charge in [-0.15, -0.1) is 0 Å². The van der Waals surface area contributed by atoms with E-state index in [0.29, 0.717) is 0 Å². The van der Waals surface area contributed by atoms with Crippen molar-refractivity contribution in [3.05, 3.63) is 36.4 Å². The normalized spacial score (nSPS) is 5.33. The summed E-state index contributed by atoms with van der Waals surface area (Å²) >= 11 is 0. The molecule has 0 aliphatic heterocycles. The van der Waals surface area contributed by atoms with Crippen LogP contribution in [-0.4, -0.2) is 23.1 Å². The van der Waals surface area contributed by atoms with Crippen molar-refractivity contribution >= 4 is 23.1 Å². The zero-order valence-electron chi connectivity index (χ0n) is 4.93. The SMILES string of the molecule is [Br-].[Cl-].[Mg+2].c1ccccc1. The molecule has 0 amide bonds. The molecule has 0 fully saturated rings. The van der Waals surface area contributed by atoms with Crippen LogP contribution >= 0.6 is 0 Å². The summed E-state index contributed by atoms with van der Waals surface area (Å²) < 4.78 is 0.